The molecule has 0 bridgehead atoms. The highest BCUT2D eigenvalue weighted by molar-refractivity contribution is 5.75. The zero-order chi connectivity index (χ0) is 9.64. The molecule has 13 heavy (non-hydrogen) atoms. The van der Waals surface area contributed by atoms with Crippen LogP contribution in [0.1, 0.15) is 40.0 Å². The Hall–Kier alpha value is -0.530. The lowest BCUT2D eigenvalue weighted by atomic mass is 9.70. The van der Waals surface area contributed by atoms with Crippen molar-refractivity contribution in [1.29, 1.82) is 0 Å². The van der Waals surface area contributed by atoms with Crippen LogP contribution in [0.4, 0.5) is 0 Å². The maximum absolute atomic E-state index is 11.4. The molecule has 0 N–H and O–H groups in total. The summed E-state index contributed by atoms with van der Waals surface area (Å²) < 4.78 is 5.38. The fraction of sp³-hybridized carbons (Fsp3) is 0.909. The highest BCUT2D eigenvalue weighted by Crippen LogP contribution is 2.44. The van der Waals surface area contributed by atoms with Gasteiger partial charge in [-0.25, -0.2) is 0 Å². The molecule has 0 amide bonds. The summed E-state index contributed by atoms with van der Waals surface area (Å²) in [5.74, 6) is 0.845. The van der Waals surface area contributed by atoms with Gasteiger partial charge in [-0.15, -0.1) is 0 Å². The number of carbonyl (C=O) groups is 1. The number of carbonyl (C=O) groups excluding carboxylic acids is 1. The molecule has 2 saturated carbocycles. The van der Waals surface area contributed by atoms with E-state index in [9.17, 15) is 4.79 Å². The summed E-state index contributed by atoms with van der Waals surface area (Å²) in [6.07, 6.45) is 3.34. The van der Waals surface area contributed by atoms with Gasteiger partial charge in [0.15, 0.2) is 0 Å². The van der Waals surface area contributed by atoms with Crippen molar-refractivity contribution in [3.63, 3.8) is 0 Å². The first-order valence-corrected chi connectivity index (χ1v) is 5.18. The number of rotatable bonds is 2. The number of esters is 1. The lowest BCUT2D eigenvalue weighted by Crippen LogP contribution is -2.39. The van der Waals surface area contributed by atoms with Crippen LogP contribution in [0, 0.1) is 17.3 Å². The topological polar surface area (TPSA) is 26.3 Å². The molecule has 2 unspecified atom stereocenters. The van der Waals surface area contributed by atoms with Crippen molar-refractivity contribution in [3.05, 3.63) is 0 Å². The van der Waals surface area contributed by atoms with E-state index in [0.29, 0.717) is 11.3 Å². The molecule has 2 fully saturated rings. The van der Waals surface area contributed by atoms with Crippen LogP contribution >= 0.6 is 0 Å². The third-order valence-electron chi connectivity index (χ3n) is 3.26. The van der Waals surface area contributed by atoms with Gasteiger partial charge < -0.3 is 4.74 Å². The second kappa shape index (κ2) is 2.73. The first-order chi connectivity index (χ1) is 5.98. The van der Waals surface area contributed by atoms with Gasteiger partial charge in [0.1, 0.15) is 6.10 Å². The molecule has 0 saturated heterocycles. The molecule has 0 spiro atoms. The van der Waals surface area contributed by atoms with Crippen LogP contribution in [0.15, 0.2) is 0 Å². The first kappa shape index (κ1) is 9.04. The van der Waals surface area contributed by atoms with Crippen molar-refractivity contribution in [2.24, 2.45) is 17.3 Å². The molecule has 2 atom stereocenters. The summed E-state index contributed by atoms with van der Waals surface area (Å²) in [5.41, 5.74) is 0.403. The van der Waals surface area contributed by atoms with Crippen molar-refractivity contribution < 1.29 is 9.53 Å². The molecule has 0 aliphatic heterocycles. The fourth-order valence-corrected chi connectivity index (χ4v) is 2.16. The minimum Gasteiger partial charge on any atom is -0.462 e. The molecule has 0 aromatic rings. The van der Waals surface area contributed by atoms with Gasteiger partial charge in [-0.1, -0.05) is 20.8 Å². The van der Waals surface area contributed by atoms with Crippen LogP contribution in [0.3, 0.4) is 0 Å². The molecule has 2 heteroatoms. The van der Waals surface area contributed by atoms with Gasteiger partial charge in [0.2, 0.25) is 0 Å². The van der Waals surface area contributed by atoms with E-state index in [1.165, 1.54) is 0 Å². The lowest BCUT2D eigenvalue weighted by Gasteiger charge is -2.41. The van der Waals surface area contributed by atoms with Crippen LogP contribution in [-0.4, -0.2) is 12.1 Å². The molecular weight excluding hydrogens is 164 g/mol. The summed E-state index contributed by atoms with van der Waals surface area (Å²) in [6, 6.07) is 0. The minimum atomic E-state index is 0.0491. The minimum absolute atomic E-state index is 0.0491. The van der Waals surface area contributed by atoms with Gasteiger partial charge in [0, 0.05) is 0 Å². The molecule has 0 aromatic heterocycles. The molecule has 74 valence electrons. The Labute approximate surface area is 79.7 Å². The van der Waals surface area contributed by atoms with Crippen LogP contribution in [0.25, 0.3) is 0 Å². The van der Waals surface area contributed by atoms with Crippen LogP contribution in [0.5, 0.6) is 0 Å². The van der Waals surface area contributed by atoms with E-state index in [-0.39, 0.29) is 18.0 Å². The molecule has 2 aliphatic rings. The third-order valence-corrected chi connectivity index (χ3v) is 3.26. The van der Waals surface area contributed by atoms with Gasteiger partial charge in [-0.3, -0.25) is 4.79 Å². The Morgan fingerprint density at radius 1 is 1.38 bits per heavy atom. The highest BCUT2D eigenvalue weighted by Gasteiger charge is 2.44. The monoisotopic (exact) mass is 182 g/mol. The second-order valence-electron chi connectivity index (χ2n) is 5.45. The Balaban J connectivity index is 1.72. The fourth-order valence-electron chi connectivity index (χ4n) is 2.16. The summed E-state index contributed by atoms with van der Waals surface area (Å²) in [7, 11) is 0. The molecule has 0 heterocycles. The average molecular weight is 182 g/mol. The molecule has 0 aromatic carbocycles. The van der Waals surface area contributed by atoms with Crippen molar-refractivity contribution in [2.75, 3.05) is 0 Å². The SMILES string of the molecule is CC1CC1C(=O)OC1CC(C)(C)C1. The number of hydrogen-bond acceptors (Lipinski definition) is 2. The summed E-state index contributed by atoms with van der Waals surface area (Å²) in [6.45, 7) is 6.55. The van der Waals surface area contributed by atoms with E-state index in [1.54, 1.807) is 0 Å². The van der Waals surface area contributed by atoms with E-state index in [1.807, 2.05) is 0 Å². The Bertz CT molecular complexity index is 224. The summed E-state index contributed by atoms with van der Waals surface area (Å²) in [4.78, 5) is 11.4. The van der Waals surface area contributed by atoms with Crippen molar-refractivity contribution in [2.45, 2.75) is 46.1 Å². The van der Waals surface area contributed by atoms with E-state index in [4.69, 9.17) is 4.74 Å². The smallest absolute Gasteiger partial charge is 0.309 e. The zero-order valence-corrected chi connectivity index (χ0v) is 8.67. The normalized spacial score (nSPS) is 36.5. The highest BCUT2D eigenvalue weighted by atomic mass is 16.5. The predicted molar refractivity (Wildman–Crippen MR) is 50.2 cm³/mol. The molecule has 2 nitrogen and oxygen atoms in total. The van der Waals surface area contributed by atoms with Gasteiger partial charge in [-0.05, 0) is 30.6 Å². The van der Waals surface area contributed by atoms with E-state index in [2.05, 4.69) is 20.8 Å². The van der Waals surface area contributed by atoms with E-state index >= 15 is 0 Å². The quantitative estimate of drug-likeness (QED) is 0.613. The van der Waals surface area contributed by atoms with Crippen LogP contribution in [0.2, 0.25) is 0 Å². The van der Waals surface area contributed by atoms with Gasteiger partial charge in [0.05, 0.1) is 5.92 Å². The Morgan fingerprint density at radius 3 is 2.31 bits per heavy atom. The van der Waals surface area contributed by atoms with Gasteiger partial charge in [0.25, 0.3) is 0 Å². The zero-order valence-electron chi connectivity index (χ0n) is 8.67. The standard InChI is InChI=1S/C11H18O2/c1-7-4-9(7)10(12)13-8-5-11(2,3)6-8/h7-9H,4-6H2,1-3H3. The summed E-state index contributed by atoms with van der Waals surface area (Å²) in [5, 5.41) is 0. The van der Waals surface area contributed by atoms with Crippen molar-refractivity contribution in [1.82, 2.24) is 0 Å². The molecule has 0 radical (unpaired) electrons. The van der Waals surface area contributed by atoms with Crippen molar-refractivity contribution in [3.8, 4) is 0 Å². The maximum Gasteiger partial charge on any atom is 0.309 e. The third kappa shape index (κ3) is 1.87. The average Bonchev–Trinajstić information content (AvgIpc) is 2.62. The first-order valence-electron chi connectivity index (χ1n) is 5.18. The Kier molecular flexibility index (Phi) is 1.90. The number of hydrogen-bond donors (Lipinski definition) is 0. The van der Waals surface area contributed by atoms with Gasteiger partial charge in [-0.2, -0.15) is 0 Å². The van der Waals surface area contributed by atoms with E-state index in [0.717, 1.165) is 19.3 Å². The molecule has 2 aliphatic carbocycles. The van der Waals surface area contributed by atoms with Crippen LogP contribution < -0.4 is 0 Å². The molecule has 2 rings (SSSR count). The summed E-state index contributed by atoms with van der Waals surface area (Å²) >= 11 is 0. The Morgan fingerprint density at radius 2 is 1.92 bits per heavy atom. The predicted octanol–water partition coefficient (Wildman–Crippen LogP) is 2.37. The number of ether oxygens (including phenoxy) is 1. The second-order valence-corrected chi connectivity index (χ2v) is 5.45. The maximum atomic E-state index is 11.4. The van der Waals surface area contributed by atoms with Crippen LogP contribution in [-0.2, 0) is 9.53 Å². The molecular formula is C11H18O2. The lowest BCUT2D eigenvalue weighted by molar-refractivity contribution is -0.161. The largest absolute Gasteiger partial charge is 0.462 e. The van der Waals surface area contributed by atoms with Gasteiger partial charge >= 0.3 is 5.97 Å². The van der Waals surface area contributed by atoms with E-state index < -0.39 is 0 Å². The van der Waals surface area contributed by atoms with Crippen molar-refractivity contribution >= 4 is 5.97 Å².